The molecule has 0 saturated heterocycles. The van der Waals surface area contributed by atoms with Crippen LogP contribution in [0.25, 0.3) is 6.08 Å². The molecular formula is C23H14BrClN2O3. The van der Waals surface area contributed by atoms with Gasteiger partial charge in [-0.1, -0.05) is 39.7 Å². The molecule has 3 aromatic carbocycles. The van der Waals surface area contributed by atoms with Gasteiger partial charge >= 0.3 is 5.97 Å². The Bertz CT molecular complexity index is 1130. The maximum absolute atomic E-state index is 12.3. The zero-order chi connectivity index (χ0) is 21.5. The Labute approximate surface area is 186 Å². The Hall–Kier alpha value is -3.40. The lowest BCUT2D eigenvalue weighted by Gasteiger charge is -2.06. The zero-order valence-electron chi connectivity index (χ0n) is 15.4. The number of hydrogen-bond donors (Lipinski definition) is 1. The van der Waals surface area contributed by atoms with Crippen molar-refractivity contribution in [2.24, 2.45) is 0 Å². The molecule has 7 heteroatoms. The average Bonchev–Trinajstić information content (AvgIpc) is 2.75. The van der Waals surface area contributed by atoms with Gasteiger partial charge in [-0.2, -0.15) is 5.26 Å². The third-order valence-electron chi connectivity index (χ3n) is 3.95. The molecule has 0 unspecified atom stereocenters. The molecule has 1 N–H and O–H groups in total. The van der Waals surface area contributed by atoms with Crippen LogP contribution in [-0.2, 0) is 4.79 Å². The minimum Gasteiger partial charge on any atom is -0.423 e. The van der Waals surface area contributed by atoms with Crippen molar-refractivity contribution in [1.29, 1.82) is 5.26 Å². The van der Waals surface area contributed by atoms with Crippen LogP contribution >= 0.6 is 27.5 Å². The lowest BCUT2D eigenvalue weighted by atomic mass is 10.1. The summed E-state index contributed by atoms with van der Waals surface area (Å²) >= 11 is 9.13. The first-order valence-corrected chi connectivity index (χ1v) is 9.88. The maximum Gasteiger partial charge on any atom is 0.343 e. The third-order valence-corrected chi connectivity index (χ3v) is 4.73. The molecule has 5 nitrogen and oxygen atoms in total. The second-order valence-corrected chi connectivity index (χ2v) is 7.45. The van der Waals surface area contributed by atoms with Crippen LogP contribution in [0.3, 0.4) is 0 Å². The number of nitrogens with one attached hydrogen (secondary N) is 1. The molecule has 0 fully saturated rings. The molecule has 0 aliphatic carbocycles. The zero-order valence-corrected chi connectivity index (χ0v) is 17.8. The summed E-state index contributed by atoms with van der Waals surface area (Å²) in [4.78, 5) is 24.5. The molecule has 0 aromatic heterocycles. The highest BCUT2D eigenvalue weighted by Crippen LogP contribution is 2.19. The largest absolute Gasteiger partial charge is 0.423 e. The minimum atomic E-state index is -0.516. The number of carbonyl (C=O) groups excluding carboxylic acids is 2. The summed E-state index contributed by atoms with van der Waals surface area (Å²) in [5.74, 6) is -0.690. The van der Waals surface area contributed by atoms with Crippen LogP contribution < -0.4 is 10.1 Å². The van der Waals surface area contributed by atoms with E-state index in [4.69, 9.17) is 16.3 Å². The van der Waals surface area contributed by atoms with E-state index in [-0.39, 0.29) is 5.57 Å². The Kier molecular flexibility index (Phi) is 7.02. The van der Waals surface area contributed by atoms with Gasteiger partial charge < -0.3 is 10.1 Å². The quantitative estimate of drug-likeness (QED) is 0.214. The number of ether oxygens (including phenoxy) is 1. The number of nitrogens with zero attached hydrogens (tertiary/aromatic N) is 1. The molecule has 3 rings (SSSR count). The number of rotatable bonds is 5. The molecule has 0 bridgehead atoms. The summed E-state index contributed by atoms with van der Waals surface area (Å²) in [5, 5.41) is 12.5. The van der Waals surface area contributed by atoms with Crippen molar-refractivity contribution in [3.05, 3.63) is 99.0 Å². The van der Waals surface area contributed by atoms with Crippen LogP contribution in [0.4, 0.5) is 5.69 Å². The Morgan fingerprint density at radius 2 is 1.60 bits per heavy atom. The van der Waals surface area contributed by atoms with E-state index in [1.165, 1.54) is 6.08 Å². The van der Waals surface area contributed by atoms with E-state index >= 15 is 0 Å². The van der Waals surface area contributed by atoms with E-state index in [1.54, 1.807) is 72.8 Å². The second kappa shape index (κ2) is 9.88. The Balaban J connectivity index is 1.67. The van der Waals surface area contributed by atoms with E-state index in [2.05, 4.69) is 21.2 Å². The van der Waals surface area contributed by atoms with Crippen molar-refractivity contribution in [3.8, 4) is 11.8 Å². The molecule has 0 atom stereocenters. The smallest absolute Gasteiger partial charge is 0.343 e. The van der Waals surface area contributed by atoms with Gasteiger partial charge in [-0.15, -0.1) is 0 Å². The normalized spacial score (nSPS) is 10.8. The third kappa shape index (κ3) is 5.80. The van der Waals surface area contributed by atoms with Gasteiger partial charge in [0.2, 0.25) is 0 Å². The molecule has 3 aromatic rings. The van der Waals surface area contributed by atoms with Crippen molar-refractivity contribution in [1.82, 2.24) is 0 Å². The van der Waals surface area contributed by atoms with Gasteiger partial charge in [0.05, 0.1) is 5.56 Å². The van der Waals surface area contributed by atoms with Gasteiger partial charge in [0.15, 0.2) is 0 Å². The fourth-order valence-corrected chi connectivity index (χ4v) is 2.82. The fourth-order valence-electron chi connectivity index (χ4n) is 2.43. The van der Waals surface area contributed by atoms with Gasteiger partial charge in [0.25, 0.3) is 5.91 Å². The van der Waals surface area contributed by atoms with Crippen LogP contribution in [0.15, 0.2) is 82.8 Å². The van der Waals surface area contributed by atoms with Gasteiger partial charge in [-0.3, -0.25) is 4.79 Å². The molecule has 0 aliphatic rings. The molecule has 0 heterocycles. The van der Waals surface area contributed by atoms with Crippen molar-refractivity contribution in [3.63, 3.8) is 0 Å². The van der Waals surface area contributed by atoms with Crippen LogP contribution in [0, 0.1) is 11.3 Å². The number of carbonyl (C=O) groups is 2. The van der Waals surface area contributed by atoms with Crippen molar-refractivity contribution < 1.29 is 14.3 Å². The summed E-state index contributed by atoms with van der Waals surface area (Å²) < 4.78 is 6.19. The lowest BCUT2D eigenvalue weighted by Crippen LogP contribution is -2.13. The first-order valence-electron chi connectivity index (χ1n) is 8.71. The lowest BCUT2D eigenvalue weighted by molar-refractivity contribution is -0.112. The number of esters is 1. The van der Waals surface area contributed by atoms with Gasteiger partial charge in [0, 0.05) is 15.2 Å². The highest BCUT2D eigenvalue weighted by atomic mass is 79.9. The van der Waals surface area contributed by atoms with Crippen molar-refractivity contribution in [2.45, 2.75) is 0 Å². The summed E-state index contributed by atoms with van der Waals surface area (Å²) in [6.07, 6.45) is 1.46. The van der Waals surface area contributed by atoms with Crippen LogP contribution in [0.1, 0.15) is 15.9 Å². The topological polar surface area (TPSA) is 79.2 Å². The summed E-state index contributed by atoms with van der Waals surface area (Å²) in [5.41, 5.74) is 1.51. The minimum absolute atomic E-state index is 0.0520. The molecule has 0 aliphatic heterocycles. The SMILES string of the molecule is N#C/C(=C/c1ccc(OC(=O)c2ccc(Cl)cc2)cc1)C(=O)Nc1ccc(Br)cc1. The molecule has 0 radical (unpaired) electrons. The summed E-state index contributed by atoms with van der Waals surface area (Å²) in [6.45, 7) is 0. The van der Waals surface area contributed by atoms with Crippen molar-refractivity contribution in [2.75, 3.05) is 5.32 Å². The molecule has 30 heavy (non-hydrogen) atoms. The molecule has 0 saturated carbocycles. The number of nitriles is 1. The number of anilines is 1. The standard InChI is InChI=1S/C23H14BrClN2O3/c24-18-5-9-20(10-6-18)27-22(28)17(14-26)13-15-1-11-21(12-2-15)30-23(29)16-3-7-19(25)8-4-16/h1-13H,(H,27,28)/b17-13-. The highest BCUT2D eigenvalue weighted by Gasteiger charge is 2.11. The van der Waals surface area contributed by atoms with Crippen molar-refractivity contribution >= 4 is 51.2 Å². The number of amides is 1. The van der Waals surface area contributed by atoms with Crippen LogP contribution in [-0.4, -0.2) is 11.9 Å². The Morgan fingerprint density at radius 3 is 2.20 bits per heavy atom. The fraction of sp³-hybridized carbons (Fsp3) is 0. The number of benzene rings is 3. The van der Waals surface area contributed by atoms with E-state index in [0.29, 0.717) is 27.6 Å². The molecule has 148 valence electrons. The first-order chi connectivity index (χ1) is 14.4. The monoisotopic (exact) mass is 480 g/mol. The Morgan fingerprint density at radius 1 is 0.967 bits per heavy atom. The summed E-state index contributed by atoms with van der Waals surface area (Å²) in [6, 6.07) is 21.7. The maximum atomic E-state index is 12.3. The van der Waals surface area contributed by atoms with Gasteiger partial charge in [-0.05, 0) is 72.3 Å². The first kappa shape index (κ1) is 21.3. The second-order valence-electron chi connectivity index (χ2n) is 6.10. The molecule has 0 spiro atoms. The number of halogens is 2. The molecule has 1 amide bonds. The highest BCUT2D eigenvalue weighted by molar-refractivity contribution is 9.10. The van der Waals surface area contributed by atoms with E-state index < -0.39 is 11.9 Å². The average molecular weight is 482 g/mol. The van der Waals surface area contributed by atoms with Gasteiger partial charge in [0.1, 0.15) is 17.4 Å². The molecular weight excluding hydrogens is 468 g/mol. The van der Waals surface area contributed by atoms with Crippen LogP contribution in [0.5, 0.6) is 5.75 Å². The van der Waals surface area contributed by atoms with E-state index in [0.717, 1.165) is 4.47 Å². The van der Waals surface area contributed by atoms with E-state index in [9.17, 15) is 14.9 Å². The number of hydrogen-bond acceptors (Lipinski definition) is 4. The van der Waals surface area contributed by atoms with Crippen LogP contribution in [0.2, 0.25) is 5.02 Å². The predicted molar refractivity (Wildman–Crippen MR) is 119 cm³/mol. The summed E-state index contributed by atoms with van der Waals surface area (Å²) in [7, 11) is 0. The predicted octanol–water partition coefficient (Wildman–Crippen LogP) is 5.87. The van der Waals surface area contributed by atoms with E-state index in [1.807, 2.05) is 6.07 Å². The van der Waals surface area contributed by atoms with Gasteiger partial charge in [-0.25, -0.2) is 4.79 Å².